The lowest BCUT2D eigenvalue weighted by atomic mass is 10.2. The predicted molar refractivity (Wildman–Crippen MR) is 82.6 cm³/mol. The molecule has 7 nitrogen and oxygen atoms in total. The van der Waals surface area contributed by atoms with E-state index in [1.54, 1.807) is 25.1 Å². The third-order valence-corrected chi connectivity index (χ3v) is 2.32. The molecule has 1 aromatic rings. The summed E-state index contributed by atoms with van der Waals surface area (Å²) in [5.74, 6) is 0.456. The molecule has 0 radical (unpaired) electrons. The summed E-state index contributed by atoms with van der Waals surface area (Å²) in [5, 5.41) is 3.90. The molecule has 0 fully saturated rings. The number of hydrazone groups is 1. The smallest absolute Gasteiger partial charge is 0.344 e. The zero-order valence-electron chi connectivity index (χ0n) is 11.8. The van der Waals surface area contributed by atoms with Crippen LogP contribution in [-0.4, -0.2) is 37.6 Å². The minimum Gasteiger partial charge on any atom is -0.493 e. The average Bonchev–Trinajstić information content (AvgIpc) is 2.45. The van der Waals surface area contributed by atoms with Crippen molar-refractivity contribution < 1.29 is 19.0 Å². The Bertz CT molecular complexity index is 534. The van der Waals surface area contributed by atoms with Gasteiger partial charge < -0.3 is 19.9 Å². The first-order chi connectivity index (χ1) is 10.1. The van der Waals surface area contributed by atoms with Gasteiger partial charge in [-0.3, -0.25) is 5.43 Å². The van der Waals surface area contributed by atoms with Crippen molar-refractivity contribution in [2.75, 3.05) is 20.3 Å². The number of carbonyl (C=O) groups is 1. The number of nitrogens with one attached hydrogen (secondary N) is 1. The van der Waals surface area contributed by atoms with Gasteiger partial charge in [-0.1, -0.05) is 0 Å². The van der Waals surface area contributed by atoms with Gasteiger partial charge in [-0.15, -0.1) is 0 Å². The normalized spacial score (nSPS) is 10.2. The summed E-state index contributed by atoms with van der Waals surface area (Å²) in [4.78, 5) is 11.3. The van der Waals surface area contributed by atoms with E-state index in [9.17, 15) is 4.79 Å². The van der Waals surface area contributed by atoms with Gasteiger partial charge in [0.15, 0.2) is 23.2 Å². The molecule has 0 heterocycles. The Hall–Kier alpha value is -2.35. The van der Waals surface area contributed by atoms with E-state index in [0.29, 0.717) is 18.1 Å². The maximum Gasteiger partial charge on any atom is 0.344 e. The highest BCUT2D eigenvalue weighted by atomic mass is 32.1. The molecule has 0 atom stereocenters. The second kappa shape index (κ2) is 8.75. The molecule has 3 N–H and O–H groups in total. The first-order valence-corrected chi connectivity index (χ1v) is 6.52. The van der Waals surface area contributed by atoms with Gasteiger partial charge in [-0.2, -0.15) is 5.10 Å². The number of nitrogens with two attached hydrogens (primary N) is 1. The van der Waals surface area contributed by atoms with Gasteiger partial charge in [-0.25, -0.2) is 4.79 Å². The van der Waals surface area contributed by atoms with E-state index >= 15 is 0 Å². The Labute approximate surface area is 128 Å². The lowest BCUT2D eigenvalue weighted by Gasteiger charge is -2.10. The zero-order valence-corrected chi connectivity index (χ0v) is 12.6. The standard InChI is InChI=1S/C13H17N3O4S/c1-3-19-12(17)8-20-11-6-9(4-5-10(11)18-2)7-15-16-13(14)21/h4-7H,3,8H2,1-2H3,(H3,14,16,21). The topological polar surface area (TPSA) is 95.2 Å². The molecule has 0 aliphatic carbocycles. The number of esters is 1. The van der Waals surface area contributed by atoms with Gasteiger partial charge in [-0.05, 0) is 42.9 Å². The number of carbonyl (C=O) groups excluding carboxylic acids is 1. The minimum atomic E-state index is -0.450. The van der Waals surface area contributed by atoms with Crippen LogP contribution in [0.1, 0.15) is 12.5 Å². The van der Waals surface area contributed by atoms with E-state index in [4.69, 9.17) is 19.9 Å². The van der Waals surface area contributed by atoms with Crippen molar-refractivity contribution in [3.05, 3.63) is 23.8 Å². The Morgan fingerprint density at radius 3 is 2.86 bits per heavy atom. The van der Waals surface area contributed by atoms with Crippen molar-refractivity contribution in [2.45, 2.75) is 6.92 Å². The van der Waals surface area contributed by atoms with Crippen molar-refractivity contribution in [3.63, 3.8) is 0 Å². The maximum absolute atomic E-state index is 11.3. The second-order valence-corrected chi connectivity index (χ2v) is 4.18. The van der Waals surface area contributed by atoms with Gasteiger partial charge in [0.05, 0.1) is 19.9 Å². The van der Waals surface area contributed by atoms with E-state index in [1.165, 1.54) is 13.3 Å². The van der Waals surface area contributed by atoms with Crippen LogP contribution in [0, 0.1) is 0 Å². The summed E-state index contributed by atoms with van der Waals surface area (Å²) in [7, 11) is 1.51. The van der Waals surface area contributed by atoms with Crippen LogP contribution < -0.4 is 20.6 Å². The molecular formula is C13H17N3O4S. The van der Waals surface area contributed by atoms with E-state index in [0.717, 1.165) is 5.56 Å². The second-order valence-electron chi connectivity index (χ2n) is 3.74. The number of methoxy groups -OCH3 is 1. The molecule has 0 amide bonds. The van der Waals surface area contributed by atoms with Crippen molar-refractivity contribution in [2.24, 2.45) is 10.8 Å². The molecule has 0 unspecified atom stereocenters. The molecule has 114 valence electrons. The molecule has 0 bridgehead atoms. The molecule has 8 heteroatoms. The number of rotatable bonds is 7. The van der Waals surface area contributed by atoms with Gasteiger partial charge in [0.1, 0.15) is 0 Å². The first-order valence-electron chi connectivity index (χ1n) is 6.11. The largest absolute Gasteiger partial charge is 0.493 e. The Morgan fingerprint density at radius 1 is 1.48 bits per heavy atom. The van der Waals surface area contributed by atoms with Gasteiger partial charge in [0, 0.05) is 0 Å². The molecule has 1 aromatic carbocycles. The van der Waals surface area contributed by atoms with Crippen LogP contribution in [0.15, 0.2) is 23.3 Å². The average molecular weight is 311 g/mol. The Balaban J connectivity index is 2.77. The molecule has 0 spiro atoms. The van der Waals surface area contributed by atoms with Crippen LogP contribution >= 0.6 is 12.2 Å². The molecule has 0 saturated heterocycles. The fourth-order valence-electron chi connectivity index (χ4n) is 1.40. The van der Waals surface area contributed by atoms with Gasteiger partial charge in [0.2, 0.25) is 0 Å². The van der Waals surface area contributed by atoms with E-state index in [-0.39, 0.29) is 11.7 Å². The number of hydrogen-bond donors (Lipinski definition) is 2. The SMILES string of the molecule is CCOC(=O)COc1cc(C=NNC(N)=S)ccc1OC. The lowest BCUT2D eigenvalue weighted by Crippen LogP contribution is -2.24. The van der Waals surface area contributed by atoms with Gasteiger partial charge >= 0.3 is 5.97 Å². The fraction of sp³-hybridized carbons (Fsp3) is 0.308. The highest BCUT2D eigenvalue weighted by Gasteiger charge is 2.08. The van der Waals surface area contributed by atoms with E-state index in [1.807, 2.05) is 0 Å². The highest BCUT2D eigenvalue weighted by molar-refractivity contribution is 7.80. The van der Waals surface area contributed by atoms with E-state index in [2.05, 4.69) is 22.7 Å². The van der Waals surface area contributed by atoms with Crippen LogP contribution in [0.4, 0.5) is 0 Å². The zero-order chi connectivity index (χ0) is 15.7. The number of thiocarbonyl (C=S) groups is 1. The molecule has 21 heavy (non-hydrogen) atoms. The van der Waals surface area contributed by atoms with Crippen LogP contribution in [0.2, 0.25) is 0 Å². The minimum absolute atomic E-state index is 0.0681. The molecule has 0 aliphatic rings. The molecule has 1 rings (SSSR count). The maximum atomic E-state index is 11.3. The third kappa shape index (κ3) is 6.09. The summed E-state index contributed by atoms with van der Waals surface area (Å²) in [5.41, 5.74) is 8.41. The summed E-state index contributed by atoms with van der Waals surface area (Å²) >= 11 is 4.63. The van der Waals surface area contributed by atoms with Crippen LogP contribution in [-0.2, 0) is 9.53 Å². The molecule has 0 saturated carbocycles. The predicted octanol–water partition coefficient (Wildman–Crippen LogP) is 0.804. The summed E-state index contributed by atoms with van der Waals surface area (Å²) < 4.78 is 15.3. The van der Waals surface area contributed by atoms with Crippen molar-refractivity contribution in [1.82, 2.24) is 5.43 Å². The number of benzene rings is 1. The molecular weight excluding hydrogens is 294 g/mol. The third-order valence-electron chi connectivity index (χ3n) is 2.23. The monoisotopic (exact) mass is 311 g/mol. The number of nitrogens with zero attached hydrogens (tertiary/aromatic N) is 1. The summed E-state index contributed by atoms with van der Waals surface area (Å²) in [6.45, 7) is 1.83. The summed E-state index contributed by atoms with van der Waals surface area (Å²) in [6, 6.07) is 5.13. The van der Waals surface area contributed by atoms with Crippen molar-refractivity contribution in [3.8, 4) is 11.5 Å². The Kier molecular flexibility index (Phi) is 6.96. The quantitative estimate of drug-likeness (QED) is 0.333. The number of hydrogen-bond acceptors (Lipinski definition) is 6. The van der Waals surface area contributed by atoms with Crippen molar-refractivity contribution in [1.29, 1.82) is 0 Å². The highest BCUT2D eigenvalue weighted by Crippen LogP contribution is 2.27. The van der Waals surface area contributed by atoms with Crippen LogP contribution in [0.3, 0.4) is 0 Å². The van der Waals surface area contributed by atoms with Gasteiger partial charge in [0.25, 0.3) is 0 Å². The molecule has 0 aromatic heterocycles. The van der Waals surface area contributed by atoms with Crippen LogP contribution in [0.25, 0.3) is 0 Å². The van der Waals surface area contributed by atoms with Crippen LogP contribution in [0.5, 0.6) is 11.5 Å². The molecule has 0 aliphatic heterocycles. The lowest BCUT2D eigenvalue weighted by molar-refractivity contribution is -0.145. The van der Waals surface area contributed by atoms with Crippen molar-refractivity contribution >= 4 is 29.5 Å². The fourth-order valence-corrected chi connectivity index (χ4v) is 1.45. The Morgan fingerprint density at radius 2 is 2.24 bits per heavy atom. The van der Waals surface area contributed by atoms with E-state index < -0.39 is 5.97 Å². The first kappa shape index (κ1) is 16.7. The summed E-state index contributed by atoms with van der Waals surface area (Å²) in [6.07, 6.45) is 1.51. The number of ether oxygens (including phenoxy) is 3.